The van der Waals surface area contributed by atoms with Crippen LogP contribution in [0.2, 0.25) is 0 Å². The van der Waals surface area contributed by atoms with E-state index in [9.17, 15) is 9.59 Å². The van der Waals surface area contributed by atoms with Gasteiger partial charge in [-0.15, -0.1) is 0 Å². The van der Waals surface area contributed by atoms with Crippen molar-refractivity contribution in [3.63, 3.8) is 0 Å². The minimum absolute atomic E-state index is 0.178. The fraction of sp³-hybridized carbons (Fsp3) is 0.174. The normalized spacial score (nSPS) is 12.2. The third kappa shape index (κ3) is 4.13. The van der Waals surface area contributed by atoms with Gasteiger partial charge >= 0.3 is 0 Å². The highest BCUT2D eigenvalue weighted by molar-refractivity contribution is 6.11. The van der Waals surface area contributed by atoms with Crippen molar-refractivity contribution in [1.82, 2.24) is 10.3 Å². The van der Waals surface area contributed by atoms with Crippen LogP contribution in [0.3, 0.4) is 0 Å². The molecule has 8 nitrogen and oxygen atoms in total. The summed E-state index contributed by atoms with van der Waals surface area (Å²) >= 11 is 0. The molecule has 158 valence electrons. The number of anilines is 1. The van der Waals surface area contributed by atoms with E-state index in [1.807, 2.05) is 6.07 Å². The van der Waals surface area contributed by atoms with E-state index >= 15 is 0 Å². The molecule has 3 aromatic rings. The number of amides is 2. The molecule has 1 aliphatic rings. The number of ether oxygens (including phenoxy) is 3. The van der Waals surface area contributed by atoms with Gasteiger partial charge in [0.1, 0.15) is 18.0 Å². The number of nitrogens with zero attached hydrogens (tertiary/aromatic N) is 2. The molecule has 4 rings (SSSR count). The maximum absolute atomic E-state index is 13.2. The molecule has 0 saturated heterocycles. The Bertz CT molecular complexity index is 1130. The van der Waals surface area contributed by atoms with E-state index in [0.29, 0.717) is 28.5 Å². The Morgan fingerprint density at radius 3 is 2.68 bits per heavy atom. The van der Waals surface area contributed by atoms with Gasteiger partial charge in [-0.25, -0.2) is 4.98 Å². The van der Waals surface area contributed by atoms with Crippen LogP contribution in [0.4, 0.5) is 5.69 Å². The van der Waals surface area contributed by atoms with Crippen LogP contribution in [0, 0.1) is 0 Å². The van der Waals surface area contributed by atoms with Gasteiger partial charge in [0.2, 0.25) is 11.8 Å². The fourth-order valence-corrected chi connectivity index (χ4v) is 3.31. The van der Waals surface area contributed by atoms with Crippen molar-refractivity contribution in [2.24, 2.45) is 0 Å². The number of hydrogen-bond donors (Lipinski definition) is 1. The highest BCUT2D eigenvalue weighted by Gasteiger charge is 2.30. The average molecular weight is 419 g/mol. The Labute approximate surface area is 179 Å². The molecule has 2 amide bonds. The predicted octanol–water partition coefficient (Wildman–Crippen LogP) is 3.17. The maximum atomic E-state index is 13.2. The minimum Gasteiger partial charge on any atom is -0.493 e. The van der Waals surface area contributed by atoms with Gasteiger partial charge in [0.05, 0.1) is 19.8 Å². The highest BCUT2D eigenvalue weighted by atomic mass is 16.5. The number of hydrogen-bond acceptors (Lipinski definition) is 6. The van der Waals surface area contributed by atoms with Gasteiger partial charge in [0.15, 0.2) is 11.5 Å². The molecule has 2 heterocycles. The second-order valence-corrected chi connectivity index (χ2v) is 6.78. The van der Waals surface area contributed by atoms with E-state index in [-0.39, 0.29) is 30.8 Å². The van der Waals surface area contributed by atoms with Gasteiger partial charge in [-0.1, -0.05) is 18.2 Å². The number of rotatable bonds is 6. The maximum Gasteiger partial charge on any atom is 0.262 e. The molecule has 0 bridgehead atoms. The Morgan fingerprint density at radius 2 is 1.87 bits per heavy atom. The number of aromatic nitrogens is 1. The lowest BCUT2D eigenvalue weighted by Gasteiger charge is -2.21. The monoisotopic (exact) mass is 419 g/mol. The molecule has 0 spiro atoms. The smallest absolute Gasteiger partial charge is 0.262 e. The molecule has 2 aromatic carbocycles. The molecule has 0 fully saturated rings. The van der Waals surface area contributed by atoms with Gasteiger partial charge in [-0.05, 0) is 42.0 Å². The summed E-state index contributed by atoms with van der Waals surface area (Å²) in [5.74, 6) is 1.20. The third-order valence-electron chi connectivity index (χ3n) is 4.85. The van der Waals surface area contributed by atoms with Crippen LogP contribution >= 0.6 is 0 Å². The Morgan fingerprint density at radius 1 is 1.06 bits per heavy atom. The first-order valence-corrected chi connectivity index (χ1v) is 9.62. The van der Waals surface area contributed by atoms with E-state index in [1.165, 1.54) is 4.90 Å². The zero-order valence-corrected chi connectivity index (χ0v) is 17.1. The molecule has 1 aliphatic heterocycles. The van der Waals surface area contributed by atoms with E-state index in [4.69, 9.17) is 14.2 Å². The van der Waals surface area contributed by atoms with Crippen LogP contribution in [0.5, 0.6) is 23.1 Å². The van der Waals surface area contributed by atoms with Gasteiger partial charge in [0.25, 0.3) is 5.91 Å². The minimum atomic E-state index is -0.330. The average Bonchev–Trinajstić information content (AvgIpc) is 2.92. The predicted molar refractivity (Wildman–Crippen MR) is 114 cm³/mol. The number of pyridine rings is 1. The standard InChI is InChI=1S/C23H21N3O5/c1-29-19-10-9-15(12-20(19)30-2)13-25-21(27)14-26-17-7-5-11-24-22(17)31-18-8-4-3-6-16(18)23(26)28/h3-12H,13-14H2,1-2H3,(H,25,27). The van der Waals surface area contributed by atoms with Gasteiger partial charge in [-0.3, -0.25) is 14.5 Å². The van der Waals surface area contributed by atoms with Crippen molar-refractivity contribution in [2.45, 2.75) is 6.54 Å². The summed E-state index contributed by atoms with van der Waals surface area (Å²) in [4.78, 5) is 31.5. The number of fused-ring (bicyclic) bond motifs is 2. The summed E-state index contributed by atoms with van der Waals surface area (Å²) in [6.07, 6.45) is 1.58. The summed E-state index contributed by atoms with van der Waals surface area (Å²) < 4.78 is 16.4. The van der Waals surface area contributed by atoms with Gasteiger partial charge in [-0.2, -0.15) is 0 Å². The van der Waals surface area contributed by atoms with Crippen LogP contribution in [-0.4, -0.2) is 37.6 Å². The number of carbonyl (C=O) groups is 2. The highest BCUT2D eigenvalue weighted by Crippen LogP contribution is 2.36. The molecule has 0 saturated carbocycles. The molecular weight excluding hydrogens is 398 g/mol. The van der Waals surface area contributed by atoms with Gasteiger partial charge in [0, 0.05) is 12.7 Å². The summed E-state index contributed by atoms with van der Waals surface area (Å²) in [5, 5.41) is 2.84. The van der Waals surface area contributed by atoms with E-state index in [0.717, 1.165) is 5.56 Å². The van der Waals surface area contributed by atoms with Crippen molar-refractivity contribution in [3.8, 4) is 23.1 Å². The first-order chi connectivity index (χ1) is 15.1. The van der Waals surface area contributed by atoms with Crippen LogP contribution < -0.4 is 24.4 Å². The number of methoxy groups -OCH3 is 2. The quantitative estimate of drug-likeness (QED) is 0.660. The lowest BCUT2D eigenvalue weighted by Crippen LogP contribution is -2.40. The van der Waals surface area contributed by atoms with Crippen LogP contribution in [0.25, 0.3) is 0 Å². The molecule has 0 radical (unpaired) electrons. The van der Waals surface area contributed by atoms with Crippen LogP contribution in [0.15, 0.2) is 60.8 Å². The summed E-state index contributed by atoms with van der Waals surface area (Å²) in [6.45, 7) is 0.0940. The molecule has 0 atom stereocenters. The topological polar surface area (TPSA) is 90.0 Å². The van der Waals surface area contributed by atoms with E-state index in [1.54, 1.807) is 68.9 Å². The third-order valence-corrected chi connectivity index (χ3v) is 4.85. The van der Waals surface area contributed by atoms with Crippen molar-refractivity contribution < 1.29 is 23.8 Å². The fourth-order valence-electron chi connectivity index (χ4n) is 3.31. The molecule has 0 aliphatic carbocycles. The number of benzene rings is 2. The number of nitrogens with one attached hydrogen (secondary N) is 1. The first-order valence-electron chi connectivity index (χ1n) is 9.62. The van der Waals surface area contributed by atoms with E-state index < -0.39 is 0 Å². The largest absolute Gasteiger partial charge is 0.493 e. The zero-order valence-electron chi connectivity index (χ0n) is 17.1. The van der Waals surface area contributed by atoms with Crippen molar-refractivity contribution in [3.05, 3.63) is 71.9 Å². The lowest BCUT2D eigenvalue weighted by atomic mass is 10.1. The molecule has 8 heteroatoms. The number of carbonyl (C=O) groups excluding carboxylic acids is 2. The summed E-state index contributed by atoms with van der Waals surface area (Å²) in [6, 6.07) is 15.7. The first kappa shape index (κ1) is 20.2. The molecular formula is C23H21N3O5. The SMILES string of the molecule is COc1ccc(CNC(=O)CN2C(=O)c3ccccc3Oc3ncccc32)cc1OC. The van der Waals surface area contributed by atoms with Crippen molar-refractivity contribution in [1.29, 1.82) is 0 Å². The Balaban J connectivity index is 1.53. The van der Waals surface area contributed by atoms with Crippen LogP contribution in [0.1, 0.15) is 15.9 Å². The molecule has 31 heavy (non-hydrogen) atoms. The van der Waals surface area contributed by atoms with Crippen molar-refractivity contribution in [2.75, 3.05) is 25.7 Å². The Hall–Kier alpha value is -4.07. The summed E-state index contributed by atoms with van der Waals surface area (Å²) in [7, 11) is 3.11. The molecule has 1 N–H and O–H groups in total. The Kier molecular flexibility index (Phi) is 5.70. The zero-order chi connectivity index (χ0) is 21.8. The van der Waals surface area contributed by atoms with Gasteiger partial charge < -0.3 is 19.5 Å². The molecule has 1 aromatic heterocycles. The van der Waals surface area contributed by atoms with Crippen molar-refractivity contribution >= 4 is 17.5 Å². The van der Waals surface area contributed by atoms with Crippen LogP contribution in [-0.2, 0) is 11.3 Å². The number of para-hydroxylation sites is 1. The second-order valence-electron chi connectivity index (χ2n) is 6.78. The second kappa shape index (κ2) is 8.74. The molecule has 0 unspecified atom stereocenters. The lowest BCUT2D eigenvalue weighted by molar-refractivity contribution is -0.119. The van der Waals surface area contributed by atoms with E-state index in [2.05, 4.69) is 10.3 Å². The summed E-state index contributed by atoms with van der Waals surface area (Å²) in [5.41, 5.74) is 1.64.